The molecule has 2 aromatic carbocycles. The number of primary amides is 1. The highest BCUT2D eigenvalue weighted by Crippen LogP contribution is 2.28. The van der Waals surface area contributed by atoms with Gasteiger partial charge in [-0.05, 0) is 61.7 Å². The summed E-state index contributed by atoms with van der Waals surface area (Å²) in [6.45, 7) is 0.537. The Bertz CT molecular complexity index is 842. The number of carbonyl (C=O) groups is 2. The fraction of sp³-hybridized carbons (Fsp3) is 0.300. The van der Waals surface area contributed by atoms with E-state index in [1.165, 1.54) is 18.2 Å². The van der Waals surface area contributed by atoms with Gasteiger partial charge in [-0.25, -0.2) is 4.39 Å². The van der Waals surface area contributed by atoms with Gasteiger partial charge in [0.2, 0.25) is 5.91 Å². The first-order valence-corrected chi connectivity index (χ1v) is 9.55. The number of piperidine rings is 1. The second-order valence-corrected chi connectivity index (χ2v) is 7.44. The van der Waals surface area contributed by atoms with Crippen molar-refractivity contribution in [3.63, 3.8) is 0 Å². The Morgan fingerprint density at radius 1 is 1.19 bits per heavy atom. The molecule has 2 N–H and O–H groups in total. The monoisotopic (exact) mass is 434 g/mol. The zero-order chi connectivity index (χ0) is 19.4. The maximum absolute atomic E-state index is 14.5. The van der Waals surface area contributed by atoms with Crippen LogP contribution in [0.2, 0.25) is 0 Å². The number of benzene rings is 2. The fourth-order valence-corrected chi connectivity index (χ4v) is 3.49. The van der Waals surface area contributed by atoms with E-state index in [4.69, 9.17) is 10.5 Å². The van der Waals surface area contributed by atoms with Crippen molar-refractivity contribution in [2.45, 2.75) is 31.7 Å². The highest BCUT2D eigenvalue weighted by molar-refractivity contribution is 9.10. The van der Waals surface area contributed by atoms with E-state index in [-0.39, 0.29) is 29.7 Å². The number of nitrogens with two attached hydrogens (primary N) is 1. The first-order chi connectivity index (χ1) is 12.9. The molecule has 0 bridgehead atoms. The number of halogens is 2. The van der Waals surface area contributed by atoms with Crippen molar-refractivity contribution in [2.24, 2.45) is 5.73 Å². The van der Waals surface area contributed by atoms with Gasteiger partial charge in [-0.1, -0.05) is 15.9 Å². The van der Waals surface area contributed by atoms with Gasteiger partial charge in [0, 0.05) is 29.0 Å². The van der Waals surface area contributed by atoms with Gasteiger partial charge in [0.05, 0.1) is 0 Å². The molecule has 5 nitrogen and oxygen atoms in total. The van der Waals surface area contributed by atoms with E-state index in [1.807, 2.05) is 0 Å². The van der Waals surface area contributed by atoms with E-state index in [0.717, 1.165) is 23.7 Å². The molecular weight excluding hydrogens is 415 g/mol. The van der Waals surface area contributed by atoms with Gasteiger partial charge < -0.3 is 15.4 Å². The molecule has 2 amide bonds. The quantitative estimate of drug-likeness (QED) is 0.763. The zero-order valence-corrected chi connectivity index (χ0v) is 16.2. The third-order valence-electron chi connectivity index (χ3n) is 4.55. The lowest BCUT2D eigenvalue weighted by atomic mass is 9.98. The van der Waals surface area contributed by atoms with Gasteiger partial charge in [0.15, 0.2) is 11.6 Å². The van der Waals surface area contributed by atoms with Crippen LogP contribution >= 0.6 is 15.9 Å². The molecule has 27 heavy (non-hydrogen) atoms. The maximum Gasteiger partial charge on any atom is 0.254 e. The number of hydrogen-bond acceptors (Lipinski definition) is 3. The lowest BCUT2D eigenvalue weighted by molar-refractivity contribution is -0.119. The summed E-state index contributed by atoms with van der Waals surface area (Å²) in [6, 6.07) is 10.9. The molecule has 0 aliphatic carbocycles. The molecule has 1 saturated heterocycles. The van der Waals surface area contributed by atoms with Crippen LogP contribution in [-0.2, 0) is 4.79 Å². The summed E-state index contributed by atoms with van der Waals surface area (Å²) < 4.78 is 20.9. The molecule has 1 fully saturated rings. The van der Waals surface area contributed by atoms with Crippen molar-refractivity contribution in [3.8, 4) is 11.5 Å². The number of hydrogen-bond donors (Lipinski definition) is 1. The van der Waals surface area contributed by atoms with E-state index in [9.17, 15) is 14.0 Å². The summed E-state index contributed by atoms with van der Waals surface area (Å²) in [6.07, 6.45) is 2.64. The molecule has 1 unspecified atom stereocenters. The minimum atomic E-state index is -0.618. The molecule has 0 radical (unpaired) electrons. The number of nitrogens with zero attached hydrogens (tertiary/aromatic N) is 1. The van der Waals surface area contributed by atoms with Crippen LogP contribution in [0.5, 0.6) is 11.5 Å². The Balaban J connectivity index is 1.76. The molecule has 0 spiro atoms. The zero-order valence-electron chi connectivity index (χ0n) is 14.7. The summed E-state index contributed by atoms with van der Waals surface area (Å²) in [5.74, 6) is -0.818. The summed E-state index contributed by atoms with van der Waals surface area (Å²) in [5, 5.41) is 0. The second-order valence-electron chi connectivity index (χ2n) is 6.52. The molecule has 1 aliphatic heterocycles. The Kier molecular flexibility index (Phi) is 6.11. The van der Waals surface area contributed by atoms with Crippen molar-refractivity contribution in [1.29, 1.82) is 0 Å². The largest absolute Gasteiger partial charge is 0.454 e. The maximum atomic E-state index is 14.5. The van der Waals surface area contributed by atoms with Crippen LogP contribution in [0.25, 0.3) is 0 Å². The molecule has 0 saturated carbocycles. The van der Waals surface area contributed by atoms with Gasteiger partial charge in [-0.3, -0.25) is 9.59 Å². The predicted molar refractivity (Wildman–Crippen MR) is 103 cm³/mol. The Morgan fingerprint density at radius 2 is 1.93 bits per heavy atom. The van der Waals surface area contributed by atoms with Crippen LogP contribution in [-0.4, -0.2) is 29.3 Å². The van der Waals surface area contributed by atoms with Crippen molar-refractivity contribution >= 4 is 27.7 Å². The molecule has 2 aromatic rings. The van der Waals surface area contributed by atoms with Gasteiger partial charge in [-0.2, -0.15) is 0 Å². The van der Waals surface area contributed by atoms with Crippen LogP contribution in [0, 0.1) is 5.82 Å². The van der Waals surface area contributed by atoms with Gasteiger partial charge in [-0.15, -0.1) is 0 Å². The van der Waals surface area contributed by atoms with Gasteiger partial charge in [0.1, 0.15) is 5.75 Å². The summed E-state index contributed by atoms with van der Waals surface area (Å²) in [7, 11) is 0. The van der Waals surface area contributed by atoms with Crippen LogP contribution in [0.1, 0.15) is 36.0 Å². The molecule has 3 rings (SSSR count). The molecule has 0 aromatic heterocycles. The lowest BCUT2D eigenvalue weighted by Gasteiger charge is -2.35. The van der Waals surface area contributed by atoms with Crippen molar-refractivity contribution in [1.82, 2.24) is 4.90 Å². The first-order valence-electron chi connectivity index (χ1n) is 8.76. The smallest absolute Gasteiger partial charge is 0.254 e. The minimum Gasteiger partial charge on any atom is -0.454 e. The summed E-state index contributed by atoms with van der Waals surface area (Å²) in [4.78, 5) is 25.7. The predicted octanol–water partition coefficient (Wildman–Crippen LogP) is 4.25. The molecule has 1 aliphatic rings. The number of rotatable bonds is 5. The summed E-state index contributed by atoms with van der Waals surface area (Å²) >= 11 is 3.33. The Labute approximate surface area is 165 Å². The van der Waals surface area contributed by atoms with E-state index in [2.05, 4.69) is 15.9 Å². The lowest BCUT2D eigenvalue weighted by Crippen LogP contribution is -2.45. The average molecular weight is 435 g/mol. The second kappa shape index (κ2) is 8.52. The van der Waals surface area contributed by atoms with E-state index >= 15 is 0 Å². The van der Waals surface area contributed by atoms with E-state index in [0.29, 0.717) is 12.3 Å². The van der Waals surface area contributed by atoms with Gasteiger partial charge >= 0.3 is 0 Å². The Hall–Kier alpha value is -2.41. The highest BCUT2D eigenvalue weighted by atomic mass is 79.9. The van der Waals surface area contributed by atoms with Crippen molar-refractivity contribution < 1.29 is 18.7 Å². The van der Waals surface area contributed by atoms with E-state index in [1.54, 1.807) is 29.2 Å². The molecule has 1 heterocycles. The third-order valence-corrected chi connectivity index (χ3v) is 5.07. The number of ether oxygens (including phenoxy) is 1. The van der Waals surface area contributed by atoms with Crippen molar-refractivity contribution in [2.75, 3.05) is 6.54 Å². The topological polar surface area (TPSA) is 72.6 Å². The molecule has 7 heteroatoms. The highest BCUT2D eigenvalue weighted by Gasteiger charge is 2.29. The number of likely N-dealkylation sites (tertiary alicyclic amines) is 1. The van der Waals surface area contributed by atoms with E-state index < -0.39 is 11.7 Å². The first kappa shape index (κ1) is 19.4. The van der Waals surface area contributed by atoms with Gasteiger partial charge in [0.25, 0.3) is 5.91 Å². The standard InChI is InChI=1S/C20H20BrFN2O3/c21-14-5-7-16(8-6-14)27-18-9-4-13(11-17(18)22)20(26)24-10-2-1-3-15(24)12-19(23)25/h4-9,11,15H,1-3,10,12H2,(H2,23,25). The molecule has 1 atom stereocenters. The molecular formula is C20H20BrFN2O3. The minimum absolute atomic E-state index is 0.0428. The summed E-state index contributed by atoms with van der Waals surface area (Å²) in [5.41, 5.74) is 5.52. The third kappa shape index (κ3) is 4.86. The van der Waals surface area contributed by atoms with Crippen LogP contribution in [0.4, 0.5) is 4.39 Å². The fourth-order valence-electron chi connectivity index (χ4n) is 3.22. The van der Waals surface area contributed by atoms with Crippen molar-refractivity contribution in [3.05, 3.63) is 58.3 Å². The number of amides is 2. The SMILES string of the molecule is NC(=O)CC1CCCCN1C(=O)c1ccc(Oc2ccc(Br)cc2)c(F)c1. The molecule has 142 valence electrons. The van der Waals surface area contributed by atoms with Crippen LogP contribution in [0.3, 0.4) is 0 Å². The van der Waals surface area contributed by atoms with Crippen LogP contribution < -0.4 is 10.5 Å². The average Bonchev–Trinajstić information content (AvgIpc) is 2.64. The Morgan fingerprint density at radius 3 is 2.59 bits per heavy atom. The van der Waals surface area contributed by atoms with Crippen LogP contribution in [0.15, 0.2) is 46.9 Å². The number of carbonyl (C=O) groups excluding carboxylic acids is 2. The normalized spacial score (nSPS) is 16.8.